The number of nitrogen functional groups attached to an aromatic ring is 1. The third kappa shape index (κ3) is 2.78. The van der Waals surface area contributed by atoms with E-state index >= 15 is 0 Å². The number of sulfone groups is 1. The first-order valence-corrected chi connectivity index (χ1v) is 7.83. The van der Waals surface area contributed by atoms with Crippen molar-refractivity contribution >= 4 is 15.5 Å². The van der Waals surface area contributed by atoms with E-state index in [0.29, 0.717) is 11.4 Å². The Kier molecular flexibility index (Phi) is 3.36. The van der Waals surface area contributed by atoms with Gasteiger partial charge in [0, 0.05) is 24.1 Å². The zero-order valence-electron chi connectivity index (χ0n) is 11.2. The maximum Gasteiger partial charge on any atom is 0.175 e. The second-order valence-corrected chi connectivity index (χ2v) is 6.82. The van der Waals surface area contributed by atoms with Crippen molar-refractivity contribution in [3.63, 3.8) is 0 Å². The molecule has 1 aromatic heterocycles. The lowest BCUT2D eigenvalue weighted by Gasteiger charge is -2.04. The van der Waals surface area contributed by atoms with Crippen LogP contribution in [0.3, 0.4) is 0 Å². The van der Waals surface area contributed by atoms with Crippen LogP contribution in [0.5, 0.6) is 0 Å². The highest BCUT2D eigenvalue weighted by Gasteiger charge is 2.12. The fraction of sp³-hybridized carbons (Fsp3) is 0.308. The molecule has 1 heterocycles. The zero-order valence-corrected chi connectivity index (χ0v) is 12.0. The minimum absolute atomic E-state index is 0.228. The first-order chi connectivity index (χ1) is 8.79. The number of nitrogens with zero attached hydrogens (tertiary/aromatic N) is 2. The molecule has 2 rings (SSSR count). The maximum absolute atomic E-state index is 11.4. The molecule has 0 aliphatic heterocycles. The van der Waals surface area contributed by atoms with Gasteiger partial charge in [0.15, 0.2) is 9.84 Å². The van der Waals surface area contributed by atoms with E-state index < -0.39 is 9.84 Å². The van der Waals surface area contributed by atoms with Crippen LogP contribution in [0.2, 0.25) is 0 Å². The summed E-state index contributed by atoms with van der Waals surface area (Å²) in [5.41, 5.74) is 8.00. The van der Waals surface area contributed by atoms with E-state index in [1.807, 2.05) is 13.8 Å². The number of rotatable bonds is 3. The molecule has 0 spiro atoms. The van der Waals surface area contributed by atoms with Crippen LogP contribution in [0.15, 0.2) is 35.4 Å². The Morgan fingerprint density at radius 2 is 1.79 bits per heavy atom. The van der Waals surface area contributed by atoms with Crippen LogP contribution in [0, 0.1) is 0 Å². The Hall–Kier alpha value is -1.82. The molecule has 5 nitrogen and oxygen atoms in total. The van der Waals surface area contributed by atoms with E-state index in [0.717, 1.165) is 5.56 Å². The normalized spacial score (nSPS) is 12.0. The summed E-state index contributed by atoms with van der Waals surface area (Å²) < 4.78 is 24.6. The van der Waals surface area contributed by atoms with Gasteiger partial charge in [0.05, 0.1) is 10.6 Å². The highest BCUT2D eigenvalue weighted by atomic mass is 32.2. The Labute approximate surface area is 113 Å². The molecule has 19 heavy (non-hydrogen) atoms. The van der Waals surface area contributed by atoms with Gasteiger partial charge in [-0.2, -0.15) is 5.10 Å². The van der Waals surface area contributed by atoms with Gasteiger partial charge in [0.25, 0.3) is 0 Å². The number of nitrogens with two attached hydrogens (primary N) is 1. The largest absolute Gasteiger partial charge is 0.396 e. The lowest BCUT2D eigenvalue weighted by atomic mass is 10.1. The number of anilines is 1. The molecule has 6 heteroatoms. The SMILES string of the molecule is CC(C)n1cc(N)c(-c2ccc(S(C)(=O)=O)cc2)n1. The van der Waals surface area contributed by atoms with Crippen LogP contribution in [0.1, 0.15) is 19.9 Å². The summed E-state index contributed by atoms with van der Waals surface area (Å²) in [5.74, 6) is 0. The second kappa shape index (κ2) is 4.70. The number of benzene rings is 1. The predicted molar refractivity (Wildman–Crippen MR) is 75.6 cm³/mol. The average Bonchev–Trinajstić information content (AvgIpc) is 2.70. The summed E-state index contributed by atoms with van der Waals surface area (Å²) in [7, 11) is -3.18. The van der Waals surface area contributed by atoms with Crippen molar-refractivity contribution in [1.82, 2.24) is 9.78 Å². The Morgan fingerprint density at radius 1 is 1.21 bits per heavy atom. The molecule has 1 aromatic carbocycles. The number of aromatic nitrogens is 2. The molecule has 0 aliphatic carbocycles. The third-order valence-electron chi connectivity index (χ3n) is 2.85. The van der Waals surface area contributed by atoms with Gasteiger partial charge in [-0.05, 0) is 26.0 Å². The van der Waals surface area contributed by atoms with Gasteiger partial charge in [0.1, 0.15) is 5.69 Å². The van der Waals surface area contributed by atoms with Crippen molar-refractivity contribution in [2.45, 2.75) is 24.8 Å². The van der Waals surface area contributed by atoms with Gasteiger partial charge in [-0.25, -0.2) is 8.42 Å². The topological polar surface area (TPSA) is 78.0 Å². The van der Waals surface area contributed by atoms with Crippen LogP contribution < -0.4 is 5.73 Å². The molecular formula is C13H17N3O2S. The van der Waals surface area contributed by atoms with Gasteiger partial charge in [-0.3, -0.25) is 4.68 Å². The van der Waals surface area contributed by atoms with Crippen LogP contribution in [0.25, 0.3) is 11.3 Å². The summed E-state index contributed by atoms with van der Waals surface area (Å²) in [6, 6.07) is 6.81. The summed E-state index contributed by atoms with van der Waals surface area (Å²) >= 11 is 0. The van der Waals surface area contributed by atoms with Crippen molar-refractivity contribution in [2.75, 3.05) is 12.0 Å². The van der Waals surface area contributed by atoms with Gasteiger partial charge >= 0.3 is 0 Å². The zero-order chi connectivity index (χ0) is 14.2. The van der Waals surface area contributed by atoms with Crippen molar-refractivity contribution < 1.29 is 8.42 Å². The monoisotopic (exact) mass is 279 g/mol. The van der Waals surface area contributed by atoms with Crippen molar-refractivity contribution in [3.05, 3.63) is 30.5 Å². The van der Waals surface area contributed by atoms with E-state index in [-0.39, 0.29) is 10.9 Å². The van der Waals surface area contributed by atoms with Gasteiger partial charge in [-0.15, -0.1) is 0 Å². The Balaban J connectivity index is 2.43. The molecule has 2 N–H and O–H groups in total. The molecule has 0 atom stereocenters. The van der Waals surface area contributed by atoms with E-state index in [2.05, 4.69) is 5.10 Å². The van der Waals surface area contributed by atoms with Crippen LogP contribution in [-0.4, -0.2) is 24.5 Å². The van der Waals surface area contributed by atoms with Crippen LogP contribution in [-0.2, 0) is 9.84 Å². The molecule has 0 bridgehead atoms. The molecule has 0 aliphatic rings. The fourth-order valence-corrected chi connectivity index (χ4v) is 2.39. The van der Waals surface area contributed by atoms with Crippen LogP contribution >= 0.6 is 0 Å². The highest BCUT2D eigenvalue weighted by Crippen LogP contribution is 2.26. The van der Waals surface area contributed by atoms with Gasteiger partial charge in [0.2, 0.25) is 0 Å². The molecule has 0 radical (unpaired) electrons. The molecule has 0 fully saturated rings. The number of hydrogen-bond acceptors (Lipinski definition) is 4. The predicted octanol–water partition coefficient (Wildman–Crippen LogP) is 2.12. The van der Waals surface area contributed by atoms with Gasteiger partial charge in [-0.1, -0.05) is 12.1 Å². The fourth-order valence-electron chi connectivity index (χ4n) is 1.75. The quantitative estimate of drug-likeness (QED) is 0.933. The summed E-state index contributed by atoms with van der Waals surface area (Å²) in [4.78, 5) is 0.290. The smallest absolute Gasteiger partial charge is 0.175 e. The third-order valence-corrected chi connectivity index (χ3v) is 3.97. The van der Waals surface area contributed by atoms with E-state index in [4.69, 9.17) is 5.73 Å². The van der Waals surface area contributed by atoms with Crippen molar-refractivity contribution in [1.29, 1.82) is 0 Å². The molecule has 2 aromatic rings. The first kappa shape index (κ1) is 13.6. The minimum Gasteiger partial charge on any atom is -0.396 e. The molecule has 0 amide bonds. The molecule has 0 unspecified atom stereocenters. The minimum atomic E-state index is -3.18. The molecule has 0 saturated carbocycles. The van der Waals surface area contributed by atoms with Crippen molar-refractivity contribution in [3.8, 4) is 11.3 Å². The first-order valence-electron chi connectivity index (χ1n) is 5.94. The average molecular weight is 279 g/mol. The second-order valence-electron chi connectivity index (χ2n) is 4.80. The van der Waals surface area contributed by atoms with Crippen LogP contribution in [0.4, 0.5) is 5.69 Å². The summed E-state index contributed by atoms with van der Waals surface area (Å²) in [6.07, 6.45) is 2.97. The lowest BCUT2D eigenvalue weighted by molar-refractivity contribution is 0.534. The van der Waals surface area contributed by atoms with Crippen molar-refractivity contribution in [2.24, 2.45) is 0 Å². The molecule has 0 saturated heterocycles. The lowest BCUT2D eigenvalue weighted by Crippen LogP contribution is -2.00. The molecular weight excluding hydrogens is 262 g/mol. The standard InChI is InChI=1S/C13H17N3O2S/c1-9(2)16-8-12(14)13(15-16)10-4-6-11(7-5-10)19(3,17)18/h4-9H,14H2,1-3H3. The maximum atomic E-state index is 11.4. The Bertz CT molecular complexity index is 685. The van der Waals surface area contributed by atoms with Gasteiger partial charge < -0.3 is 5.73 Å². The highest BCUT2D eigenvalue weighted by molar-refractivity contribution is 7.90. The summed E-state index contributed by atoms with van der Waals surface area (Å²) in [6.45, 7) is 4.03. The van der Waals surface area contributed by atoms with E-state index in [1.165, 1.54) is 6.26 Å². The number of hydrogen-bond donors (Lipinski definition) is 1. The van der Waals surface area contributed by atoms with E-state index in [9.17, 15) is 8.42 Å². The molecule has 102 valence electrons. The Morgan fingerprint density at radius 3 is 2.21 bits per heavy atom. The summed E-state index contributed by atoms with van der Waals surface area (Å²) in [5, 5.41) is 4.41. The van der Waals surface area contributed by atoms with E-state index in [1.54, 1.807) is 35.1 Å².